The van der Waals surface area contributed by atoms with E-state index in [-0.39, 0.29) is 42.4 Å². The Hall–Kier alpha value is -4.63. The van der Waals surface area contributed by atoms with Crippen molar-refractivity contribution in [3.05, 3.63) is 75.6 Å². The van der Waals surface area contributed by atoms with E-state index in [9.17, 15) is 19.6 Å². The number of piperidine rings is 1. The molecule has 2 N–H and O–H groups in total. The highest BCUT2D eigenvalue weighted by Crippen LogP contribution is 2.50. The Morgan fingerprint density at radius 2 is 1.62 bits per heavy atom. The molecule has 12 heteroatoms. The monoisotopic (exact) mass is 649 g/mol. The molecule has 4 aliphatic rings. The molecule has 3 aliphatic carbocycles. The van der Waals surface area contributed by atoms with Crippen LogP contribution in [0.5, 0.6) is 0 Å². The molecule has 7 rings (SSSR count). The number of aryl methyl sites for hydroxylation is 2. The molecule has 0 bridgehead atoms. The summed E-state index contributed by atoms with van der Waals surface area (Å²) in [5, 5.41) is 29.4. The smallest absolute Gasteiger partial charge is 0.253 e. The van der Waals surface area contributed by atoms with E-state index in [0.29, 0.717) is 48.0 Å². The van der Waals surface area contributed by atoms with Crippen LogP contribution < -0.4 is 5.32 Å². The second kappa shape index (κ2) is 12.4. The summed E-state index contributed by atoms with van der Waals surface area (Å²) in [6.45, 7) is 0.150. The maximum Gasteiger partial charge on any atom is 0.253 e. The largest absolute Gasteiger partial charge is 0.345 e. The normalized spacial score (nSPS) is 22.6. The summed E-state index contributed by atoms with van der Waals surface area (Å²) < 4.78 is 0. The Morgan fingerprint density at radius 1 is 1.00 bits per heavy atom. The molecule has 0 radical (unpaired) electrons. The number of hydrogen-bond donors (Lipinski definition) is 2. The quantitative estimate of drug-likeness (QED) is 0.359. The summed E-state index contributed by atoms with van der Waals surface area (Å²) in [4.78, 5) is 44.9. The van der Waals surface area contributed by atoms with Crippen LogP contribution in [0, 0.1) is 23.2 Å². The summed E-state index contributed by atoms with van der Waals surface area (Å²) in [6.07, 6.45) is 6.81. The molecule has 2 heterocycles. The van der Waals surface area contributed by atoms with Crippen molar-refractivity contribution in [2.24, 2.45) is 11.8 Å². The van der Waals surface area contributed by atoms with Crippen LogP contribution in [0.3, 0.4) is 0 Å². The van der Waals surface area contributed by atoms with Gasteiger partial charge >= 0.3 is 0 Å². The van der Waals surface area contributed by atoms with Crippen molar-refractivity contribution in [2.75, 3.05) is 34.7 Å². The van der Waals surface area contributed by atoms with Crippen molar-refractivity contribution in [2.45, 2.75) is 74.9 Å². The van der Waals surface area contributed by atoms with E-state index in [2.05, 4.69) is 32.0 Å². The lowest BCUT2D eigenvalue weighted by Gasteiger charge is -2.42. The summed E-state index contributed by atoms with van der Waals surface area (Å²) in [7, 11) is 6.99. The number of likely N-dealkylation sites (tertiary alicyclic amines) is 1. The van der Waals surface area contributed by atoms with Gasteiger partial charge in [0.05, 0.1) is 18.0 Å². The molecule has 48 heavy (non-hydrogen) atoms. The highest BCUT2D eigenvalue weighted by atomic mass is 16.2. The molecule has 4 atom stereocenters. The molecule has 2 aromatic carbocycles. The van der Waals surface area contributed by atoms with Gasteiger partial charge in [-0.15, -0.1) is 10.2 Å². The first-order chi connectivity index (χ1) is 23.1. The van der Waals surface area contributed by atoms with Gasteiger partial charge in [-0.3, -0.25) is 14.4 Å². The van der Waals surface area contributed by atoms with Gasteiger partial charge in [0.2, 0.25) is 5.91 Å². The zero-order valence-electron chi connectivity index (χ0n) is 28.1. The SMILES string of the molecule is CN(C)C(=O)c1ccc2c(c1)CCc1cc(C(=O)N(C)C)ccc1C2(C[C@@H](NCC(=O)N1[C@H](C#N)C[C@@H]2C[C@@H]21)C1CCC1)c1nn[nH]n1. The second-order valence-corrected chi connectivity index (χ2v) is 14.4. The van der Waals surface area contributed by atoms with Crippen LogP contribution in [0.1, 0.15) is 87.3 Å². The van der Waals surface area contributed by atoms with E-state index in [4.69, 9.17) is 0 Å². The van der Waals surface area contributed by atoms with Gasteiger partial charge in [-0.2, -0.15) is 10.5 Å². The van der Waals surface area contributed by atoms with E-state index < -0.39 is 5.41 Å². The lowest BCUT2D eigenvalue weighted by molar-refractivity contribution is -0.131. The van der Waals surface area contributed by atoms with Crippen LogP contribution in [0.4, 0.5) is 0 Å². The number of H-pyrrole nitrogens is 1. The Bertz CT molecular complexity index is 1700. The lowest BCUT2D eigenvalue weighted by atomic mass is 9.64. The average molecular weight is 650 g/mol. The average Bonchev–Trinajstić information content (AvgIpc) is 3.44. The van der Waals surface area contributed by atoms with Crippen molar-refractivity contribution in [1.82, 2.24) is 40.6 Å². The topological polar surface area (TPSA) is 151 Å². The first kappa shape index (κ1) is 31.9. The number of rotatable bonds is 9. The third kappa shape index (κ3) is 5.44. The highest BCUT2D eigenvalue weighted by Gasteiger charge is 2.54. The predicted octanol–water partition coefficient (Wildman–Crippen LogP) is 2.70. The summed E-state index contributed by atoms with van der Waals surface area (Å²) in [5.41, 5.74) is 4.33. The standard InChI is InChI=1S/C36H43N9O3/c1-43(2)33(47)24-10-12-28-22(14-24)8-9-23-15-25(34(48)44(3)4)11-13-29(23)36(28,35-39-41-42-40-35)18-30(21-6-5-7-21)38-20-32(46)45-27(19-37)16-26-17-31(26)45/h10-15,21,26-27,30-31,38H,5-9,16-18,20H2,1-4H3,(H,39,40,41,42)/t26-,27+,30-,31+/m1/s1. The fourth-order valence-electron chi connectivity index (χ4n) is 8.34. The van der Waals surface area contributed by atoms with E-state index in [1.807, 2.05) is 41.3 Å². The Labute approximate surface area is 280 Å². The fourth-order valence-corrected chi connectivity index (χ4v) is 8.34. The molecule has 12 nitrogen and oxygen atoms in total. The van der Waals surface area contributed by atoms with Crippen molar-refractivity contribution < 1.29 is 14.4 Å². The van der Waals surface area contributed by atoms with Gasteiger partial charge in [0.15, 0.2) is 5.82 Å². The first-order valence-corrected chi connectivity index (χ1v) is 17.0. The van der Waals surface area contributed by atoms with E-state index >= 15 is 0 Å². The highest BCUT2D eigenvalue weighted by molar-refractivity contribution is 5.95. The minimum absolute atomic E-state index is 0.0233. The van der Waals surface area contributed by atoms with Crippen LogP contribution in [0.2, 0.25) is 0 Å². The van der Waals surface area contributed by atoms with Crippen LogP contribution >= 0.6 is 0 Å². The number of nitriles is 1. The minimum atomic E-state index is -0.895. The van der Waals surface area contributed by atoms with Crippen molar-refractivity contribution in [3.8, 4) is 6.07 Å². The van der Waals surface area contributed by atoms with Crippen LogP contribution in [-0.4, -0.2) is 106 Å². The molecular formula is C36H43N9O3. The second-order valence-electron chi connectivity index (χ2n) is 14.4. The van der Waals surface area contributed by atoms with E-state index in [1.165, 1.54) is 0 Å². The lowest BCUT2D eigenvalue weighted by Crippen LogP contribution is -2.50. The number of hydrogen-bond acceptors (Lipinski definition) is 8. The summed E-state index contributed by atoms with van der Waals surface area (Å²) in [6, 6.07) is 13.9. The maximum absolute atomic E-state index is 13.7. The Kier molecular flexibility index (Phi) is 8.27. The zero-order chi connectivity index (χ0) is 33.7. The van der Waals surface area contributed by atoms with Crippen LogP contribution in [-0.2, 0) is 23.1 Å². The molecule has 1 aromatic heterocycles. The number of aromatic amines is 1. The van der Waals surface area contributed by atoms with Crippen LogP contribution in [0.15, 0.2) is 36.4 Å². The molecule has 2 saturated carbocycles. The number of aromatic nitrogens is 4. The maximum atomic E-state index is 13.7. The number of amides is 3. The van der Waals surface area contributed by atoms with Crippen molar-refractivity contribution in [1.29, 1.82) is 5.26 Å². The van der Waals surface area contributed by atoms with Gasteiger partial charge < -0.3 is 20.0 Å². The molecule has 1 aliphatic heterocycles. The number of tetrazole rings is 1. The van der Waals surface area contributed by atoms with Crippen LogP contribution in [0.25, 0.3) is 0 Å². The molecule has 3 fully saturated rings. The summed E-state index contributed by atoms with van der Waals surface area (Å²) in [5.74, 6) is 1.12. The van der Waals surface area contributed by atoms with Gasteiger partial charge in [0.1, 0.15) is 6.04 Å². The Morgan fingerprint density at radius 3 is 2.12 bits per heavy atom. The molecule has 0 spiro atoms. The predicted molar refractivity (Wildman–Crippen MR) is 177 cm³/mol. The number of carbonyl (C=O) groups excluding carboxylic acids is 3. The third-order valence-corrected chi connectivity index (χ3v) is 11.1. The molecule has 3 aromatic rings. The molecule has 3 amide bonds. The van der Waals surface area contributed by atoms with Crippen molar-refractivity contribution >= 4 is 17.7 Å². The van der Waals surface area contributed by atoms with Gasteiger partial charge in [0.25, 0.3) is 11.8 Å². The van der Waals surface area contributed by atoms with Gasteiger partial charge in [-0.1, -0.05) is 23.8 Å². The molecular weight excluding hydrogens is 606 g/mol. The van der Waals surface area contributed by atoms with Gasteiger partial charge in [-0.25, -0.2) is 0 Å². The van der Waals surface area contributed by atoms with E-state index in [1.54, 1.807) is 38.0 Å². The number of nitrogens with zero attached hydrogens (tertiary/aromatic N) is 7. The van der Waals surface area contributed by atoms with Gasteiger partial charge in [0, 0.05) is 51.4 Å². The van der Waals surface area contributed by atoms with Gasteiger partial charge in [-0.05, 0) is 103 Å². The minimum Gasteiger partial charge on any atom is -0.345 e. The number of carbonyl (C=O) groups is 3. The first-order valence-electron chi connectivity index (χ1n) is 17.0. The van der Waals surface area contributed by atoms with Crippen molar-refractivity contribution in [3.63, 3.8) is 0 Å². The molecule has 250 valence electrons. The zero-order valence-corrected chi connectivity index (χ0v) is 28.1. The molecule has 0 unspecified atom stereocenters. The third-order valence-electron chi connectivity index (χ3n) is 11.1. The fraction of sp³-hybridized carbons (Fsp3) is 0.528. The van der Waals surface area contributed by atoms with E-state index in [0.717, 1.165) is 54.4 Å². The summed E-state index contributed by atoms with van der Waals surface area (Å²) >= 11 is 0. The Balaban J connectivity index is 1.34. The molecule has 1 saturated heterocycles. The number of benzene rings is 2. The number of fused-ring (bicyclic) bond motifs is 3. The number of nitrogens with one attached hydrogen (secondary N) is 2.